The summed E-state index contributed by atoms with van der Waals surface area (Å²) in [6, 6.07) is 4.28. The first-order valence-electron chi connectivity index (χ1n) is 6.29. The molecule has 0 radical (unpaired) electrons. The van der Waals surface area contributed by atoms with E-state index in [1.165, 1.54) is 24.5 Å². The van der Waals surface area contributed by atoms with Crippen molar-refractivity contribution in [2.45, 2.75) is 13.5 Å². The van der Waals surface area contributed by atoms with Crippen LogP contribution < -0.4 is 10.1 Å². The van der Waals surface area contributed by atoms with E-state index in [2.05, 4.69) is 15.3 Å². The van der Waals surface area contributed by atoms with Crippen molar-refractivity contribution >= 4 is 11.6 Å². The molecule has 0 bridgehead atoms. The van der Waals surface area contributed by atoms with Crippen molar-refractivity contribution < 1.29 is 14.5 Å². The number of ether oxygens (including phenoxy) is 1. The second-order valence-electron chi connectivity index (χ2n) is 4.10. The molecule has 0 aliphatic rings. The summed E-state index contributed by atoms with van der Waals surface area (Å²) in [5.74, 6) is -0.380. The van der Waals surface area contributed by atoms with Gasteiger partial charge in [-0.25, -0.2) is 4.98 Å². The Labute approximate surface area is 120 Å². The maximum absolute atomic E-state index is 12.2. The molecule has 2 aromatic rings. The van der Waals surface area contributed by atoms with Crippen molar-refractivity contribution in [1.29, 1.82) is 0 Å². The zero-order chi connectivity index (χ0) is 15.2. The monoisotopic (exact) mass is 290 g/mol. The smallest absolute Gasteiger partial charge is 0.285 e. The van der Waals surface area contributed by atoms with Crippen molar-refractivity contribution in [2.75, 3.05) is 6.61 Å². The molecular weight excluding hydrogens is 276 g/mol. The van der Waals surface area contributed by atoms with Gasteiger partial charge in [-0.2, -0.15) is 0 Å². The number of amides is 1. The number of benzene rings is 1. The van der Waals surface area contributed by atoms with Crippen LogP contribution in [0, 0.1) is 10.1 Å². The number of carbonyl (C=O) groups excluding carboxylic acids is 1. The molecule has 0 saturated carbocycles. The van der Waals surface area contributed by atoms with Crippen LogP contribution in [-0.2, 0) is 6.54 Å². The van der Waals surface area contributed by atoms with Crippen LogP contribution in [0.2, 0.25) is 0 Å². The zero-order valence-corrected chi connectivity index (χ0v) is 11.3. The lowest BCUT2D eigenvalue weighted by atomic mass is 10.1. The van der Waals surface area contributed by atoms with E-state index in [1.807, 2.05) is 0 Å². The van der Waals surface area contributed by atoms with Crippen LogP contribution in [0.3, 0.4) is 0 Å². The van der Waals surface area contributed by atoms with Gasteiger partial charge in [0, 0.05) is 12.3 Å². The zero-order valence-electron chi connectivity index (χ0n) is 11.3. The molecule has 2 N–H and O–H groups in total. The summed E-state index contributed by atoms with van der Waals surface area (Å²) >= 11 is 0. The van der Waals surface area contributed by atoms with Crippen LogP contribution in [0.1, 0.15) is 23.0 Å². The molecule has 110 valence electrons. The summed E-state index contributed by atoms with van der Waals surface area (Å²) in [6.45, 7) is 2.24. The minimum absolute atomic E-state index is 0.0798. The molecule has 1 heterocycles. The minimum Gasteiger partial charge on any atom is -0.493 e. The van der Waals surface area contributed by atoms with E-state index in [1.54, 1.807) is 13.1 Å². The van der Waals surface area contributed by atoms with Gasteiger partial charge < -0.3 is 15.0 Å². The predicted octanol–water partition coefficient (Wildman–Crippen LogP) is 1.65. The largest absolute Gasteiger partial charge is 0.493 e. The molecule has 21 heavy (non-hydrogen) atoms. The first-order valence-corrected chi connectivity index (χ1v) is 6.29. The number of nitro groups is 1. The Hall–Kier alpha value is -2.90. The predicted molar refractivity (Wildman–Crippen MR) is 74.0 cm³/mol. The molecule has 0 fully saturated rings. The third kappa shape index (κ3) is 3.35. The molecule has 2 rings (SSSR count). The molecule has 0 spiro atoms. The Bertz CT molecular complexity index is 640. The average Bonchev–Trinajstić information content (AvgIpc) is 2.98. The summed E-state index contributed by atoms with van der Waals surface area (Å²) in [4.78, 5) is 29.4. The molecule has 0 aliphatic carbocycles. The lowest BCUT2D eigenvalue weighted by Crippen LogP contribution is -2.24. The Kier molecular flexibility index (Phi) is 4.50. The van der Waals surface area contributed by atoms with Crippen molar-refractivity contribution in [2.24, 2.45) is 0 Å². The van der Waals surface area contributed by atoms with Crippen molar-refractivity contribution in [1.82, 2.24) is 15.3 Å². The van der Waals surface area contributed by atoms with Gasteiger partial charge in [-0.05, 0) is 13.0 Å². The molecule has 8 nitrogen and oxygen atoms in total. The Morgan fingerprint density at radius 1 is 1.52 bits per heavy atom. The number of hydrogen-bond acceptors (Lipinski definition) is 5. The fourth-order valence-electron chi connectivity index (χ4n) is 1.82. The van der Waals surface area contributed by atoms with Crippen LogP contribution in [0.15, 0.2) is 30.7 Å². The number of rotatable bonds is 6. The highest BCUT2D eigenvalue weighted by Gasteiger charge is 2.24. The number of H-pyrrole nitrogens is 1. The summed E-state index contributed by atoms with van der Waals surface area (Å²) < 4.78 is 5.30. The van der Waals surface area contributed by atoms with Gasteiger partial charge in [0.2, 0.25) is 0 Å². The number of aromatic amines is 1. The number of nitro benzene ring substituents is 1. The molecule has 0 unspecified atom stereocenters. The molecular formula is C13H14N4O4. The van der Waals surface area contributed by atoms with Crippen molar-refractivity contribution in [3.05, 3.63) is 52.1 Å². The fraction of sp³-hybridized carbons (Fsp3) is 0.231. The number of aromatic nitrogens is 2. The number of imidazole rings is 1. The van der Waals surface area contributed by atoms with E-state index in [0.717, 1.165) is 0 Å². The van der Waals surface area contributed by atoms with Gasteiger partial charge >= 0.3 is 0 Å². The highest BCUT2D eigenvalue weighted by Crippen LogP contribution is 2.28. The standard InChI is InChI=1S/C13H14N4O4/c1-2-21-11-5-3-4-10(17(19)20)12(11)13(18)15-7-9-6-14-8-16-9/h3-6,8H,2,7H2,1H3,(H,14,16)(H,15,18). The lowest BCUT2D eigenvalue weighted by molar-refractivity contribution is -0.385. The Balaban J connectivity index is 2.26. The third-order valence-corrected chi connectivity index (χ3v) is 2.72. The van der Waals surface area contributed by atoms with Gasteiger partial charge in [0.1, 0.15) is 5.75 Å². The molecule has 0 saturated heterocycles. The summed E-state index contributed by atoms with van der Waals surface area (Å²) in [5, 5.41) is 13.7. The first kappa shape index (κ1) is 14.5. The van der Waals surface area contributed by atoms with Gasteiger partial charge in [-0.15, -0.1) is 0 Å². The van der Waals surface area contributed by atoms with Crippen molar-refractivity contribution in [3.8, 4) is 5.75 Å². The number of hydrogen-bond donors (Lipinski definition) is 2. The van der Waals surface area contributed by atoms with E-state index in [0.29, 0.717) is 12.3 Å². The molecule has 1 aromatic carbocycles. The number of carbonyl (C=O) groups is 1. The maximum Gasteiger partial charge on any atom is 0.285 e. The van der Waals surface area contributed by atoms with E-state index in [9.17, 15) is 14.9 Å². The maximum atomic E-state index is 12.2. The fourth-order valence-corrected chi connectivity index (χ4v) is 1.82. The topological polar surface area (TPSA) is 110 Å². The molecule has 0 atom stereocenters. The lowest BCUT2D eigenvalue weighted by Gasteiger charge is -2.10. The average molecular weight is 290 g/mol. The third-order valence-electron chi connectivity index (χ3n) is 2.72. The Morgan fingerprint density at radius 2 is 2.33 bits per heavy atom. The molecule has 0 aliphatic heterocycles. The molecule has 1 aromatic heterocycles. The van der Waals surface area contributed by atoms with E-state index >= 15 is 0 Å². The van der Waals surface area contributed by atoms with Gasteiger partial charge in [-0.3, -0.25) is 14.9 Å². The van der Waals surface area contributed by atoms with Crippen molar-refractivity contribution in [3.63, 3.8) is 0 Å². The quantitative estimate of drug-likeness (QED) is 0.620. The second kappa shape index (κ2) is 6.51. The van der Waals surface area contributed by atoms with Crippen LogP contribution >= 0.6 is 0 Å². The normalized spacial score (nSPS) is 10.1. The van der Waals surface area contributed by atoms with Crippen LogP contribution in [-0.4, -0.2) is 27.4 Å². The molecule has 1 amide bonds. The van der Waals surface area contributed by atoms with Gasteiger partial charge in [0.15, 0.2) is 5.56 Å². The van der Waals surface area contributed by atoms with E-state index in [4.69, 9.17) is 4.74 Å². The van der Waals surface area contributed by atoms with Crippen LogP contribution in [0.4, 0.5) is 5.69 Å². The van der Waals surface area contributed by atoms with E-state index in [-0.39, 0.29) is 23.5 Å². The summed E-state index contributed by atoms with van der Waals surface area (Å²) in [7, 11) is 0. The first-order chi connectivity index (χ1) is 10.1. The number of nitrogens with one attached hydrogen (secondary N) is 2. The minimum atomic E-state index is -0.604. The van der Waals surface area contributed by atoms with Gasteiger partial charge in [0.25, 0.3) is 11.6 Å². The number of nitrogens with zero attached hydrogens (tertiary/aromatic N) is 2. The SMILES string of the molecule is CCOc1cccc([N+](=O)[O-])c1C(=O)NCc1cnc[nH]1. The second-order valence-corrected chi connectivity index (χ2v) is 4.10. The van der Waals surface area contributed by atoms with E-state index < -0.39 is 10.8 Å². The highest BCUT2D eigenvalue weighted by molar-refractivity contribution is 6.00. The molecule has 8 heteroatoms. The van der Waals surface area contributed by atoms with Gasteiger partial charge in [0.05, 0.1) is 30.1 Å². The van der Waals surface area contributed by atoms with Gasteiger partial charge in [-0.1, -0.05) is 6.07 Å². The highest BCUT2D eigenvalue weighted by atomic mass is 16.6. The Morgan fingerprint density at radius 3 is 2.95 bits per heavy atom. The summed E-state index contributed by atoms with van der Waals surface area (Å²) in [6.07, 6.45) is 3.04. The van der Waals surface area contributed by atoms with Crippen LogP contribution in [0.25, 0.3) is 0 Å². The summed E-state index contributed by atoms with van der Waals surface area (Å²) in [5.41, 5.74) is 0.326. The van der Waals surface area contributed by atoms with Crippen LogP contribution in [0.5, 0.6) is 5.75 Å².